The van der Waals surface area contributed by atoms with Crippen LogP contribution in [0.2, 0.25) is 0 Å². The van der Waals surface area contributed by atoms with E-state index in [1.807, 2.05) is 42.5 Å². The van der Waals surface area contributed by atoms with Crippen molar-refractivity contribution in [2.24, 2.45) is 5.10 Å². The molecule has 0 aromatic heterocycles. The van der Waals surface area contributed by atoms with Crippen LogP contribution in [0.1, 0.15) is 22.8 Å². The molecule has 0 saturated carbocycles. The highest BCUT2D eigenvalue weighted by molar-refractivity contribution is 5.91. The number of esters is 1. The Morgan fingerprint density at radius 1 is 0.829 bits per heavy atom. The zero-order chi connectivity index (χ0) is 24.6. The summed E-state index contributed by atoms with van der Waals surface area (Å²) in [5, 5.41) is 6.12. The molecule has 1 unspecified atom stereocenters. The lowest BCUT2D eigenvalue weighted by atomic mass is 10.1. The zero-order valence-electron chi connectivity index (χ0n) is 19.3. The van der Waals surface area contributed by atoms with E-state index in [2.05, 4.69) is 10.5 Å². The van der Waals surface area contributed by atoms with Gasteiger partial charge in [-0.1, -0.05) is 30.3 Å². The van der Waals surface area contributed by atoms with Crippen molar-refractivity contribution < 1.29 is 23.8 Å². The van der Waals surface area contributed by atoms with Crippen LogP contribution < -0.4 is 19.6 Å². The minimum atomic E-state index is -0.729. The molecular formula is C28H24N2O5. The first-order valence-corrected chi connectivity index (χ1v) is 11.0. The third-order valence-electron chi connectivity index (χ3n) is 5.21. The second-order valence-electron chi connectivity index (χ2n) is 7.69. The highest BCUT2D eigenvalue weighted by Crippen LogP contribution is 2.21. The number of carbonyl (C=O) groups excluding carboxylic acids is 2. The van der Waals surface area contributed by atoms with E-state index >= 15 is 0 Å². The molecule has 4 aromatic rings. The molecular weight excluding hydrogens is 444 g/mol. The van der Waals surface area contributed by atoms with E-state index in [0.29, 0.717) is 22.8 Å². The number of hydrogen-bond donors (Lipinski definition) is 1. The maximum atomic E-state index is 12.3. The third-order valence-corrected chi connectivity index (χ3v) is 5.21. The van der Waals surface area contributed by atoms with Gasteiger partial charge in [-0.15, -0.1) is 0 Å². The van der Waals surface area contributed by atoms with Gasteiger partial charge in [0.2, 0.25) is 0 Å². The Bertz CT molecular complexity index is 1350. The molecule has 0 bridgehead atoms. The third kappa shape index (κ3) is 6.23. The van der Waals surface area contributed by atoms with Gasteiger partial charge in [-0.05, 0) is 83.9 Å². The van der Waals surface area contributed by atoms with Gasteiger partial charge in [-0.2, -0.15) is 5.10 Å². The van der Waals surface area contributed by atoms with Crippen molar-refractivity contribution in [2.45, 2.75) is 13.0 Å². The summed E-state index contributed by atoms with van der Waals surface area (Å²) in [6.45, 7) is 1.66. The molecule has 176 valence electrons. The molecule has 0 fully saturated rings. The Morgan fingerprint density at radius 2 is 1.49 bits per heavy atom. The van der Waals surface area contributed by atoms with Crippen molar-refractivity contribution >= 4 is 28.9 Å². The van der Waals surface area contributed by atoms with Gasteiger partial charge < -0.3 is 14.2 Å². The molecule has 7 heteroatoms. The van der Waals surface area contributed by atoms with Gasteiger partial charge in [0.15, 0.2) is 6.10 Å². The van der Waals surface area contributed by atoms with Crippen molar-refractivity contribution in [1.29, 1.82) is 0 Å². The Labute approximate surface area is 202 Å². The van der Waals surface area contributed by atoms with Gasteiger partial charge in [-0.3, -0.25) is 4.79 Å². The van der Waals surface area contributed by atoms with Crippen LogP contribution in [0.15, 0.2) is 96.1 Å². The molecule has 0 aliphatic rings. The number of carbonyl (C=O) groups is 2. The Morgan fingerprint density at radius 3 is 2.20 bits per heavy atom. The molecule has 0 spiro atoms. The van der Waals surface area contributed by atoms with Crippen molar-refractivity contribution in [1.82, 2.24) is 5.43 Å². The van der Waals surface area contributed by atoms with Crippen LogP contribution in [0, 0.1) is 0 Å². The maximum absolute atomic E-state index is 12.3. The monoisotopic (exact) mass is 468 g/mol. The Kier molecular flexibility index (Phi) is 7.37. The smallest absolute Gasteiger partial charge is 0.343 e. The van der Waals surface area contributed by atoms with Crippen molar-refractivity contribution in [3.05, 3.63) is 102 Å². The average Bonchev–Trinajstić information content (AvgIpc) is 2.89. The highest BCUT2D eigenvalue weighted by atomic mass is 16.5. The quantitative estimate of drug-likeness (QED) is 0.171. The van der Waals surface area contributed by atoms with Crippen molar-refractivity contribution in [3.8, 4) is 17.2 Å². The van der Waals surface area contributed by atoms with Crippen LogP contribution in [0.3, 0.4) is 0 Å². The van der Waals surface area contributed by atoms with Crippen LogP contribution >= 0.6 is 0 Å². The largest absolute Gasteiger partial charge is 0.497 e. The van der Waals surface area contributed by atoms with Gasteiger partial charge in [0.05, 0.1) is 18.9 Å². The maximum Gasteiger partial charge on any atom is 0.343 e. The molecule has 35 heavy (non-hydrogen) atoms. The minimum Gasteiger partial charge on any atom is -0.497 e. The normalized spacial score (nSPS) is 11.7. The van der Waals surface area contributed by atoms with Gasteiger partial charge in [-0.25, -0.2) is 10.2 Å². The number of nitrogens with one attached hydrogen (secondary N) is 1. The summed E-state index contributed by atoms with van der Waals surface area (Å²) in [5.74, 6) is 0.813. The molecule has 0 aliphatic heterocycles. The summed E-state index contributed by atoms with van der Waals surface area (Å²) < 4.78 is 16.2. The Hall–Kier alpha value is -4.65. The summed E-state index contributed by atoms with van der Waals surface area (Å²) in [7, 11) is 1.56. The number of hydrazone groups is 1. The molecule has 0 aliphatic carbocycles. The average molecular weight is 469 g/mol. The summed E-state index contributed by atoms with van der Waals surface area (Å²) >= 11 is 0. The number of methoxy groups -OCH3 is 1. The fraction of sp³-hybridized carbons (Fsp3) is 0.107. The van der Waals surface area contributed by atoms with E-state index in [9.17, 15) is 9.59 Å². The molecule has 0 heterocycles. The fourth-order valence-electron chi connectivity index (χ4n) is 3.27. The first kappa shape index (κ1) is 23.5. The highest BCUT2D eigenvalue weighted by Gasteiger charge is 2.14. The molecule has 1 amide bonds. The van der Waals surface area contributed by atoms with Crippen molar-refractivity contribution in [2.75, 3.05) is 7.11 Å². The van der Waals surface area contributed by atoms with Crippen molar-refractivity contribution in [3.63, 3.8) is 0 Å². The number of fused-ring (bicyclic) bond motifs is 1. The van der Waals surface area contributed by atoms with E-state index in [4.69, 9.17) is 14.2 Å². The molecule has 1 atom stereocenters. The second kappa shape index (κ2) is 11.0. The topological polar surface area (TPSA) is 86.2 Å². The molecule has 4 aromatic carbocycles. The minimum absolute atomic E-state index is 0.376. The molecule has 4 rings (SSSR count). The zero-order valence-corrected chi connectivity index (χ0v) is 19.3. The number of ether oxygens (including phenoxy) is 3. The standard InChI is InChI=1S/C28H24N2O5/c1-19(34-26-16-9-21-5-3-4-6-23(21)17-26)27(31)30-29-18-20-7-12-25(13-8-20)35-28(32)22-10-14-24(33-2)15-11-22/h3-19H,1-2H3,(H,30,31). The van der Waals surface area contributed by atoms with E-state index in [-0.39, 0.29) is 5.91 Å². The number of nitrogens with zero attached hydrogens (tertiary/aromatic N) is 1. The lowest BCUT2D eigenvalue weighted by molar-refractivity contribution is -0.127. The lowest BCUT2D eigenvalue weighted by Crippen LogP contribution is -2.33. The summed E-state index contributed by atoms with van der Waals surface area (Å²) in [5.41, 5.74) is 3.61. The van der Waals surface area contributed by atoms with Gasteiger partial charge in [0, 0.05) is 0 Å². The van der Waals surface area contributed by atoms with Crippen LogP contribution in [0.5, 0.6) is 17.2 Å². The van der Waals surface area contributed by atoms with E-state index in [1.165, 1.54) is 6.21 Å². The SMILES string of the molecule is COc1ccc(C(=O)Oc2ccc(C=NNC(=O)C(C)Oc3ccc4ccccc4c3)cc2)cc1. The van der Waals surface area contributed by atoms with E-state index in [1.54, 1.807) is 62.6 Å². The van der Waals surface area contributed by atoms with E-state index < -0.39 is 12.1 Å². The molecule has 1 N–H and O–H groups in total. The lowest BCUT2D eigenvalue weighted by Gasteiger charge is -2.13. The van der Waals surface area contributed by atoms with Gasteiger partial charge in [0.1, 0.15) is 17.2 Å². The first-order valence-electron chi connectivity index (χ1n) is 11.0. The number of hydrogen-bond acceptors (Lipinski definition) is 6. The van der Waals surface area contributed by atoms with Crippen LogP contribution in [-0.2, 0) is 4.79 Å². The van der Waals surface area contributed by atoms with Crippen LogP contribution in [0.4, 0.5) is 0 Å². The predicted molar refractivity (Wildman–Crippen MR) is 134 cm³/mol. The van der Waals surface area contributed by atoms with Gasteiger partial charge >= 0.3 is 5.97 Å². The number of amides is 1. The molecule has 0 saturated heterocycles. The fourth-order valence-corrected chi connectivity index (χ4v) is 3.27. The van der Waals surface area contributed by atoms with Gasteiger partial charge in [0.25, 0.3) is 5.91 Å². The second-order valence-corrected chi connectivity index (χ2v) is 7.69. The number of benzene rings is 4. The summed E-state index contributed by atoms with van der Waals surface area (Å²) in [4.78, 5) is 24.6. The summed E-state index contributed by atoms with van der Waals surface area (Å²) in [6, 6.07) is 27.0. The Balaban J connectivity index is 1.28. The van der Waals surface area contributed by atoms with Crippen LogP contribution in [-0.4, -0.2) is 31.3 Å². The van der Waals surface area contributed by atoms with E-state index in [0.717, 1.165) is 16.3 Å². The molecule has 0 radical (unpaired) electrons. The number of rotatable bonds is 8. The molecule has 7 nitrogen and oxygen atoms in total. The van der Waals surface area contributed by atoms with Crippen LogP contribution in [0.25, 0.3) is 10.8 Å². The predicted octanol–water partition coefficient (Wildman–Crippen LogP) is 4.99. The first-order chi connectivity index (χ1) is 17.0. The summed E-state index contributed by atoms with van der Waals surface area (Å²) in [6.07, 6.45) is 0.767.